The largest absolute Gasteiger partial charge is 0.497 e. The number of fused-ring (bicyclic) bond motifs is 2. The number of hydrogen-bond donors (Lipinski definition) is 2. The number of ether oxygens (including phenoxy) is 2. The van der Waals surface area contributed by atoms with Gasteiger partial charge in [0.1, 0.15) is 17.5 Å². The van der Waals surface area contributed by atoms with E-state index in [1.807, 2.05) is 6.07 Å². The number of benzene rings is 2. The molecule has 0 radical (unpaired) electrons. The Balaban J connectivity index is 1.71. The molecule has 2 aromatic carbocycles. The summed E-state index contributed by atoms with van der Waals surface area (Å²) in [5.74, 6) is 0.564. The van der Waals surface area contributed by atoms with Gasteiger partial charge in [-0.25, -0.2) is 13.1 Å². The van der Waals surface area contributed by atoms with Gasteiger partial charge in [0, 0.05) is 24.2 Å². The zero-order chi connectivity index (χ0) is 22.3. The highest BCUT2D eigenvalue weighted by Crippen LogP contribution is 2.37. The van der Waals surface area contributed by atoms with Crippen molar-refractivity contribution in [3.63, 3.8) is 0 Å². The monoisotopic (exact) mass is 445 g/mol. The van der Waals surface area contributed by atoms with Crippen molar-refractivity contribution in [1.29, 1.82) is 0 Å². The first-order chi connectivity index (χ1) is 14.7. The third-order valence-electron chi connectivity index (χ3n) is 5.47. The minimum absolute atomic E-state index is 0.125. The summed E-state index contributed by atoms with van der Waals surface area (Å²) < 4.78 is 36.4. The van der Waals surface area contributed by atoms with E-state index in [0.717, 1.165) is 17.4 Å². The maximum Gasteiger partial charge on any atom is 0.256 e. The number of rotatable bonds is 5. The van der Waals surface area contributed by atoms with Gasteiger partial charge < -0.3 is 19.7 Å². The molecule has 1 saturated heterocycles. The predicted molar refractivity (Wildman–Crippen MR) is 115 cm³/mol. The molecule has 31 heavy (non-hydrogen) atoms. The van der Waals surface area contributed by atoms with E-state index in [1.54, 1.807) is 44.6 Å². The first kappa shape index (κ1) is 21.1. The van der Waals surface area contributed by atoms with Crippen LogP contribution in [0.1, 0.15) is 16.8 Å². The number of carbonyl (C=O) groups excluding carboxylic acids is 2. The van der Waals surface area contributed by atoms with E-state index in [1.165, 1.54) is 4.90 Å². The van der Waals surface area contributed by atoms with Crippen LogP contribution in [0.2, 0.25) is 0 Å². The molecule has 0 bridgehead atoms. The lowest BCUT2D eigenvalue weighted by Gasteiger charge is -2.20. The molecule has 10 heteroatoms. The Hall–Kier alpha value is -3.11. The molecule has 1 fully saturated rings. The molecule has 2 unspecified atom stereocenters. The van der Waals surface area contributed by atoms with Gasteiger partial charge in [0.05, 0.1) is 31.7 Å². The van der Waals surface area contributed by atoms with Crippen LogP contribution in [0.25, 0.3) is 11.1 Å². The third-order valence-corrected chi connectivity index (χ3v) is 6.23. The number of nitrogens with one attached hydrogen (secondary N) is 2. The molecule has 4 rings (SSSR count). The Bertz CT molecular complexity index is 1160. The van der Waals surface area contributed by atoms with Crippen molar-refractivity contribution in [1.82, 2.24) is 9.62 Å². The van der Waals surface area contributed by atoms with Crippen molar-refractivity contribution in [3.8, 4) is 22.6 Å². The second kappa shape index (κ2) is 7.86. The van der Waals surface area contributed by atoms with E-state index in [2.05, 4.69) is 10.0 Å². The van der Waals surface area contributed by atoms with E-state index in [-0.39, 0.29) is 24.8 Å². The first-order valence-corrected chi connectivity index (χ1v) is 11.5. The second-order valence-electron chi connectivity index (χ2n) is 7.61. The van der Waals surface area contributed by atoms with Gasteiger partial charge in [0.2, 0.25) is 15.9 Å². The number of methoxy groups -OCH3 is 2. The van der Waals surface area contributed by atoms with Crippen molar-refractivity contribution < 1.29 is 27.5 Å². The molecule has 9 nitrogen and oxygen atoms in total. The Morgan fingerprint density at radius 1 is 1.06 bits per heavy atom. The molecule has 0 spiro atoms. The summed E-state index contributed by atoms with van der Waals surface area (Å²) in [4.78, 5) is 27.5. The Morgan fingerprint density at radius 2 is 1.84 bits per heavy atom. The lowest BCUT2D eigenvalue weighted by atomic mass is 10.00. The molecule has 2 aliphatic heterocycles. The van der Waals surface area contributed by atoms with Gasteiger partial charge in [-0.15, -0.1) is 0 Å². The van der Waals surface area contributed by atoms with Gasteiger partial charge in [0.25, 0.3) is 5.91 Å². The second-order valence-corrected chi connectivity index (χ2v) is 9.39. The lowest BCUT2D eigenvalue weighted by Crippen LogP contribution is -2.41. The van der Waals surface area contributed by atoms with E-state index in [0.29, 0.717) is 22.7 Å². The van der Waals surface area contributed by atoms with Crippen LogP contribution in [-0.4, -0.2) is 64.2 Å². The van der Waals surface area contributed by atoms with Crippen LogP contribution in [0.15, 0.2) is 36.4 Å². The molecule has 2 aromatic rings. The van der Waals surface area contributed by atoms with Crippen LogP contribution >= 0.6 is 0 Å². The quantitative estimate of drug-likeness (QED) is 0.720. The normalized spacial score (nSPS) is 20.5. The summed E-state index contributed by atoms with van der Waals surface area (Å²) in [6, 6.07) is 9.35. The highest BCUT2D eigenvalue weighted by Gasteiger charge is 2.43. The summed E-state index contributed by atoms with van der Waals surface area (Å²) in [5.41, 5.74) is 2.27. The maximum atomic E-state index is 13.3. The number of hydrogen-bond acceptors (Lipinski definition) is 6. The zero-order valence-electron chi connectivity index (χ0n) is 17.3. The fourth-order valence-electron chi connectivity index (χ4n) is 4.10. The minimum atomic E-state index is -3.46. The van der Waals surface area contributed by atoms with Crippen molar-refractivity contribution in [3.05, 3.63) is 42.0 Å². The first-order valence-electron chi connectivity index (χ1n) is 9.65. The highest BCUT2D eigenvalue weighted by atomic mass is 32.2. The third kappa shape index (κ3) is 4.08. The van der Waals surface area contributed by atoms with Crippen LogP contribution in [0, 0.1) is 0 Å². The maximum absolute atomic E-state index is 13.3. The van der Waals surface area contributed by atoms with Crippen LogP contribution in [0.3, 0.4) is 0 Å². The predicted octanol–water partition coefficient (Wildman–Crippen LogP) is 1.46. The number of carbonyl (C=O) groups is 2. The lowest BCUT2D eigenvalue weighted by molar-refractivity contribution is -0.119. The summed E-state index contributed by atoms with van der Waals surface area (Å²) in [7, 11) is -0.337. The topological polar surface area (TPSA) is 114 Å². The molecular weight excluding hydrogens is 422 g/mol. The molecule has 0 aromatic heterocycles. The molecule has 2 heterocycles. The van der Waals surface area contributed by atoms with Crippen LogP contribution in [-0.2, 0) is 14.8 Å². The molecule has 2 N–H and O–H groups in total. The van der Waals surface area contributed by atoms with Crippen molar-refractivity contribution in [2.45, 2.75) is 18.5 Å². The minimum Gasteiger partial charge on any atom is -0.497 e. The standard InChI is InChI=1S/C21H23N3O6S/c1-29-14-5-6-15(19(10-14)30-2)12-4-7-17-16(8-12)21(26)24-11-13(23-31(3,27)28)9-18(24)20(25)22-17/h4-8,10,13,18,23H,9,11H2,1-3H3,(H,22,25). The Labute approximate surface area is 180 Å². The molecule has 0 saturated carbocycles. The molecule has 2 atom stereocenters. The van der Waals surface area contributed by atoms with E-state index >= 15 is 0 Å². The van der Waals surface area contributed by atoms with Crippen molar-refractivity contribution in [2.75, 3.05) is 32.3 Å². The van der Waals surface area contributed by atoms with Crippen LogP contribution in [0.5, 0.6) is 11.5 Å². The Morgan fingerprint density at radius 3 is 2.52 bits per heavy atom. The Kier molecular flexibility index (Phi) is 5.36. The molecular formula is C21H23N3O6S. The molecule has 164 valence electrons. The van der Waals surface area contributed by atoms with Gasteiger partial charge in [-0.3, -0.25) is 9.59 Å². The molecule has 2 amide bonds. The summed E-state index contributed by atoms with van der Waals surface area (Å²) in [6.45, 7) is 0.125. The van der Waals surface area contributed by atoms with Crippen molar-refractivity contribution >= 4 is 27.5 Å². The SMILES string of the molecule is COc1ccc(-c2ccc3c(c2)C(=O)N2CC(NS(C)(=O)=O)CC2C(=O)N3)c(OC)c1. The van der Waals surface area contributed by atoms with Gasteiger partial charge in [-0.05, 0) is 36.2 Å². The fraction of sp³-hybridized carbons (Fsp3) is 0.333. The zero-order valence-corrected chi connectivity index (χ0v) is 18.2. The van der Waals surface area contributed by atoms with Gasteiger partial charge in [-0.2, -0.15) is 0 Å². The van der Waals surface area contributed by atoms with Gasteiger partial charge in [0.15, 0.2) is 0 Å². The van der Waals surface area contributed by atoms with Crippen molar-refractivity contribution in [2.24, 2.45) is 0 Å². The van der Waals surface area contributed by atoms with Crippen LogP contribution in [0.4, 0.5) is 5.69 Å². The number of sulfonamides is 1. The number of anilines is 1. The molecule has 2 aliphatic rings. The average molecular weight is 445 g/mol. The molecule has 0 aliphatic carbocycles. The van der Waals surface area contributed by atoms with Crippen LogP contribution < -0.4 is 19.5 Å². The number of nitrogens with zero attached hydrogens (tertiary/aromatic N) is 1. The fourth-order valence-corrected chi connectivity index (χ4v) is 4.88. The van der Waals surface area contributed by atoms with Gasteiger partial charge >= 0.3 is 0 Å². The summed E-state index contributed by atoms with van der Waals surface area (Å²) in [6.07, 6.45) is 1.28. The summed E-state index contributed by atoms with van der Waals surface area (Å²) >= 11 is 0. The smallest absolute Gasteiger partial charge is 0.256 e. The highest BCUT2D eigenvalue weighted by molar-refractivity contribution is 7.88. The van der Waals surface area contributed by atoms with E-state index in [4.69, 9.17) is 9.47 Å². The van der Waals surface area contributed by atoms with E-state index in [9.17, 15) is 18.0 Å². The van der Waals surface area contributed by atoms with E-state index < -0.39 is 22.1 Å². The van der Waals surface area contributed by atoms with Gasteiger partial charge in [-0.1, -0.05) is 6.07 Å². The number of amides is 2. The summed E-state index contributed by atoms with van der Waals surface area (Å²) in [5, 5.41) is 2.80. The average Bonchev–Trinajstić information content (AvgIpc) is 3.11.